The molecule has 0 aliphatic carbocycles. The molecule has 0 aromatic carbocycles. The molecule has 90 valence electrons. The first-order valence-electron chi connectivity index (χ1n) is 5.45. The number of aryl methyl sites for hydroxylation is 1. The fourth-order valence-corrected chi connectivity index (χ4v) is 1.26. The van der Waals surface area contributed by atoms with Crippen molar-refractivity contribution in [1.29, 1.82) is 0 Å². The standard InChI is InChI=1S/C11H19N3O2/c1-4-9-13-10(8-11(14-9)16-3)12-6-5-7-15-2/h8H,4-7H2,1-3H3,(H,12,13,14). The van der Waals surface area contributed by atoms with E-state index in [0.29, 0.717) is 5.88 Å². The van der Waals surface area contributed by atoms with E-state index in [4.69, 9.17) is 9.47 Å². The van der Waals surface area contributed by atoms with Crippen LogP contribution in [0.1, 0.15) is 19.2 Å². The smallest absolute Gasteiger partial charge is 0.218 e. The van der Waals surface area contributed by atoms with Gasteiger partial charge in [-0.15, -0.1) is 0 Å². The fourth-order valence-electron chi connectivity index (χ4n) is 1.26. The SMILES string of the molecule is CCc1nc(NCCCOC)cc(OC)n1. The average Bonchev–Trinajstić information content (AvgIpc) is 2.34. The second-order valence-electron chi connectivity index (χ2n) is 3.34. The number of hydrogen-bond donors (Lipinski definition) is 1. The number of anilines is 1. The van der Waals surface area contributed by atoms with Crippen molar-refractivity contribution in [3.8, 4) is 5.88 Å². The van der Waals surface area contributed by atoms with Crippen LogP contribution in [0.4, 0.5) is 5.82 Å². The summed E-state index contributed by atoms with van der Waals surface area (Å²) < 4.78 is 10.1. The lowest BCUT2D eigenvalue weighted by molar-refractivity contribution is 0.197. The van der Waals surface area contributed by atoms with Crippen molar-refractivity contribution in [2.75, 3.05) is 32.7 Å². The second kappa shape index (κ2) is 7.00. The van der Waals surface area contributed by atoms with Crippen LogP contribution in [0.15, 0.2) is 6.07 Å². The number of aromatic nitrogens is 2. The molecule has 0 bridgehead atoms. The molecule has 0 atom stereocenters. The fraction of sp³-hybridized carbons (Fsp3) is 0.636. The van der Waals surface area contributed by atoms with Gasteiger partial charge in [0, 0.05) is 32.7 Å². The van der Waals surface area contributed by atoms with Gasteiger partial charge >= 0.3 is 0 Å². The third-order valence-electron chi connectivity index (χ3n) is 2.11. The summed E-state index contributed by atoms with van der Waals surface area (Å²) in [6.45, 7) is 3.59. The summed E-state index contributed by atoms with van der Waals surface area (Å²) >= 11 is 0. The predicted octanol–water partition coefficient (Wildman–Crippen LogP) is 1.50. The third kappa shape index (κ3) is 4.02. The molecule has 16 heavy (non-hydrogen) atoms. The van der Waals surface area contributed by atoms with Crippen LogP contribution in [0.25, 0.3) is 0 Å². The number of methoxy groups -OCH3 is 2. The van der Waals surface area contributed by atoms with Crippen molar-refractivity contribution in [2.24, 2.45) is 0 Å². The highest BCUT2D eigenvalue weighted by atomic mass is 16.5. The lowest BCUT2D eigenvalue weighted by atomic mass is 10.4. The molecule has 0 amide bonds. The Bertz CT molecular complexity index is 296. The Labute approximate surface area is 96.2 Å². The number of hydrogen-bond acceptors (Lipinski definition) is 5. The first kappa shape index (κ1) is 12.7. The van der Waals surface area contributed by atoms with E-state index in [-0.39, 0.29) is 0 Å². The van der Waals surface area contributed by atoms with Gasteiger partial charge in [-0.2, -0.15) is 4.98 Å². The molecule has 0 aliphatic heterocycles. The van der Waals surface area contributed by atoms with Gasteiger partial charge in [0.05, 0.1) is 7.11 Å². The van der Waals surface area contributed by atoms with E-state index in [1.54, 1.807) is 20.3 Å². The normalized spacial score (nSPS) is 10.2. The van der Waals surface area contributed by atoms with Crippen molar-refractivity contribution < 1.29 is 9.47 Å². The van der Waals surface area contributed by atoms with Crippen LogP contribution < -0.4 is 10.1 Å². The van der Waals surface area contributed by atoms with E-state index < -0.39 is 0 Å². The Kier molecular flexibility index (Phi) is 5.56. The van der Waals surface area contributed by atoms with Gasteiger partial charge in [-0.1, -0.05) is 6.92 Å². The van der Waals surface area contributed by atoms with E-state index in [9.17, 15) is 0 Å². The summed E-state index contributed by atoms with van der Waals surface area (Å²) in [5.74, 6) is 2.19. The molecule has 5 nitrogen and oxygen atoms in total. The molecular weight excluding hydrogens is 206 g/mol. The lowest BCUT2D eigenvalue weighted by Crippen LogP contribution is -2.08. The zero-order chi connectivity index (χ0) is 11.8. The quantitative estimate of drug-likeness (QED) is 0.713. The Hall–Kier alpha value is -1.36. The molecule has 0 saturated carbocycles. The number of nitrogens with one attached hydrogen (secondary N) is 1. The van der Waals surface area contributed by atoms with Crippen molar-refractivity contribution in [1.82, 2.24) is 9.97 Å². The first-order chi connectivity index (χ1) is 7.80. The summed E-state index contributed by atoms with van der Waals surface area (Å²) in [5, 5.41) is 3.22. The van der Waals surface area contributed by atoms with Crippen molar-refractivity contribution in [3.05, 3.63) is 11.9 Å². The van der Waals surface area contributed by atoms with Gasteiger partial charge in [0.2, 0.25) is 5.88 Å². The Morgan fingerprint density at radius 3 is 2.75 bits per heavy atom. The van der Waals surface area contributed by atoms with Crippen LogP contribution in [-0.4, -0.2) is 37.3 Å². The van der Waals surface area contributed by atoms with Crippen molar-refractivity contribution in [2.45, 2.75) is 19.8 Å². The van der Waals surface area contributed by atoms with E-state index >= 15 is 0 Å². The molecule has 0 aliphatic rings. The minimum atomic E-state index is 0.598. The van der Waals surface area contributed by atoms with Gasteiger partial charge in [-0.05, 0) is 6.42 Å². The highest BCUT2D eigenvalue weighted by molar-refractivity contribution is 5.38. The van der Waals surface area contributed by atoms with Gasteiger partial charge in [0.15, 0.2) is 0 Å². The average molecular weight is 225 g/mol. The van der Waals surface area contributed by atoms with Crippen LogP contribution >= 0.6 is 0 Å². The molecule has 0 unspecified atom stereocenters. The second-order valence-corrected chi connectivity index (χ2v) is 3.34. The molecule has 1 N–H and O–H groups in total. The van der Waals surface area contributed by atoms with Gasteiger partial charge in [0.1, 0.15) is 11.6 Å². The Balaban J connectivity index is 2.57. The minimum Gasteiger partial charge on any atom is -0.481 e. The molecule has 5 heteroatoms. The zero-order valence-corrected chi connectivity index (χ0v) is 10.1. The molecular formula is C11H19N3O2. The molecule has 1 heterocycles. The van der Waals surface area contributed by atoms with Crippen LogP contribution in [0, 0.1) is 0 Å². The first-order valence-corrected chi connectivity index (χ1v) is 5.45. The molecule has 1 rings (SSSR count). The van der Waals surface area contributed by atoms with Crippen LogP contribution in [0.5, 0.6) is 5.88 Å². The molecule has 1 aromatic rings. The predicted molar refractivity (Wildman–Crippen MR) is 62.9 cm³/mol. The van der Waals surface area contributed by atoms with Gasteiger partial charge < -0.3 is 14.8 Å². The number of nitrogens with zero attached hydrogens (tertiary/aromatic N) is 2. The maximum atomic E-state index is 5.11. The van der Waals surface area contributed by atoms with Gasteiger partial charge in [-0.3, -0.25) is 0 Å². The Morgan fingerprint density at radius 2 is 2.12 bits per heavy atom. The summed E-state index contributed by atoms with van der Waals surface area (Å²) in [7, 11) is 3.30. The maximum Gasteiger partial charge on any atom is 0.218 e. The monoisotopic (exact) mass is 225 g/mol. The minimum absolute atomic E-state index is 0.598. The van der Waals surface area contributed by atoms with Crippen LogP contribution in [0.2, 0.25) is 0 Å². The summed E-state index contributed by atoms with van der Waals surface area (Å²) in [5.41, 5.74) is 0. The van der Waals surface area contributed by atoms with E-state index in [1.807, 2.05) is 6.92 Å². The molecule has 0 spiro atoms. The van der Waals surface area contributed by atoms with Crippen LogP contribution in [0.3, 0.4) is 0 Å². The number of rotatable bonds is 7. The van der Waals surface area contributed by atoms with Crippen LogP contribution in [-0.2, 0) is 11.2 Å². The van der Waals surface area contributed by atoms with E-state index in [2.05, 4.69) is 15.3 Å². The maximum absolute atomic E-state index is 5.11. The third-order valence-corrected chi connectivity index (χ3v) is 2.11. The van der Waals surface area contributed by atoms with E-state index in [0.717, 1.165) is 37.6 Å². The lowest BCUT2D eigenvalue weighted by Gasteiger charge is -2.08. The molecule has 1 aromatic heterocycles. The topological polar surface area (TPSA) is 56.3 Å². The highest BCUT2D eigenvalue weighted by Gasteiger charge is 2.02. The largest absolute Gasteiger partial charge is 0.481 e. The van der Waals surface area contributed by atoms with E-state index in [1.165, 1.54) is 0 Å². The molecule has 0 radical (unpaired) electrons. The zero-order valence-electron chi connectivity index (χ0n) is 10.1. The summed E-state index contributed by atoms with van der Waals surface area (Å²) in [4.78, 5) is 8.57. The van der Waals surface area contributed by atoms with Gasteiger partial charge in [0.25, 0.3) is 0 Å². The Morgan fingerprint density at radius 1 is 1.31 bits per heavy atom. The van der Waals surface area contributed by atoms with Crippen molar-refractivity contribution >= 4 is 5.82 Å². The highest BCUT2D eigenvalue weighted by Crippen LogP contribution is 2.13. The molecule has 0 fully saturated rings. The summed E-state index contributed by atoms with van der Waals surface area (Å²) in [6.07, 6.45) is 1.74. The molecule has 0 saturated heterocycles. The summed E-state index contributed by atoms with van der Waals surface area (Å²) in [6, 6.07) is 1.80. The van der Waals surface area contributed by atoms with Gasteiger partial charge in [-0.25, -0.2) is 4.98 Å². The number of ether oxygens (including phenoxy) is 2. The van der Waals surface area contributed by atoms with Crippen molar-refractivity contribution in [3.63, 3.8) is 0 Å².